The molecule has 0 amide bonds. The third-order valence-electron chi connectivity index (χ3n) is 1.87. The second-order valence-electron chi connectivity index (χ2n) is 4.06. The lowest BCUT2D eigenvalue weighted by atomic mass is 10.3. The molecular weight excluding hydrogens is 221 g/mol. The maximum absolute atomic E-state index is 13.6. The van der Waals surface area contributed by atoms with Crippen LogP contribution in [-0.4, -0.2) is 19.3 Å². The number of pyridine rings is 1. The Balaban J connectivity index is 3.44. The normalized spacial score (nSPS) is 11.5. The number of aldehydes is 1. The van der Waals surface area contributed by atoms with Gasteiger partial charge in [0.2, 0.25) is 0 Å². The summed E-state index contributed by atoms with van der Waals surface area (Å²) < 4.78 is 13.6. The first kappa shape index (κ1) is 11.3. The van der Waals surface area contributed by atoms with E-state index in [0.717, 1.165) is 0 Å². The Labute approximate surface area is 88.1 Å². The summed E-state index contributed by atoms with van der Waals surface area (Å²) in [6.07, 6.45) is 0.394. The Hall–Kier alpha value is -0.743. The minimum atomic E-state index is -1.82. The maximum Gasteiger partial charge on any atom is 0.171 e. The van der Waals surface area contributed by atoms with Crippen molar-refractivity contribution in [2.24, 2.45) is 0 Å². The molecule has 0 aliphatic heterocycles. The van der Waals surface area contributed by atoms with Crippen molar-refractivity contribution in [1.29, 1.82) is 0 Å². The summed E-state index contributed by atoms with van der Waals surface area (Å²) in [5.74, 6) is -0.524. The highest BCUT2D eigenvalue weighted by molar-refractivity contribution is 6.88. The van der Waals surface area contributed by atoms with Gasteiger partial charge >= 0.3 is 0 Å². The van der Waals surface area contributed by atoms with E-state index in [1.54, 1.807) is 0 Å². The molecule has 1 aromatic heterocycles. The van der Waals surface area contributed by atoms with E-state index in [0.29, 0.717) is 11.5 Å². The molecule has 0 unspecified atom stereocenters. The summed E-state index contributed by atoms with van der Waals surface area (Å²) in [5, 5.41) is 0.713. The average molecular weight is 232 g/mol. The van der Waals surface area contributed by atoms with Crippen LogP contribution in [0.15, 0.2) is 6.07 Å². The van der Waals surface area contributed by atoms with Gasteiger partial charge in [-0.2, -0.15) is 0 Å². The molecule has 1 rings (SSSR count). The third kappa shape index (κ3) is 2.19. The highest BCUT2D eigenvalue weighted by Gasteiger charge is 2.23. The molecule has 0 atom stereocenters. The first-order valence-corrected chi connectivity index (χ1v) is 8.05. The highest BCUT2D eigenvalue weighted by Crippen LogP contribution is 2.12. The molecule has 0 spiro atoms. The molecular formula is C9H11ClFNOSi. The summed E-state index contributed by atoms with van der Waals surface area (Å²) >= 11 is 5.69. The third-order valence-corrected chi connectivity index (χ3v) is 4.05. The topological polar surface area (TPSA) is 30.0 Å². The standard InChI is InChI=1S/C9H11ClFNOSi/c1-14(2,3)7-4-8(10)12-6(5-13)9(7)11/h4-5H,1-3H3. The Bertz CT molecular complexity index is 376. The number of rotatable bonds is 2. The van der Waals surface area contributed by atoms with E-state index in [2.05, 4.69) is 4.98 Å². The summed E-state index contributed by atoms with van der Waals surface area (Å²) in [7, 11) is -1.82. The predicted molar refractivity (Wildman–Crippen MR) is 57.6 cm³/mol. The lowest BCUT2D eigenvalue weighted by Gasteiger charge is -2.17. The molecule has 0 fully saturated rings. The van der Waals surface area contributed by atoms with Gasteiger partial charge in [0, 0.05) is 0 Å². The predicted octanol–water partition coefficient (Wildman–Crippen LogP) is 2.23. The van der Waals surface area contributed by atoms with E-state index in [1.165, 1.54) is 6.07 Å². The van der Waals surface area contributed by atoms with Gasteiger partial charge in [-0.15, -0.1) is 0 Å². The van der Waals surface area contributed by atoms with Crippen LogP contribution in [-0.2, 0) is 0 Å². The van der Waals surface area contributed by atoms with Gasteiger partial charge in [0.15, 0.2) is 12.1 Å². The Kier molecular flexibility index (Phi) is 3.06. The molecule has 1 aromatic rings. The lowest BCUT2D eigenvalue weighted by molar-refractivity contribution is 0.111. The number of hydrogen-bond acceptors (Lipinski definition) is 2. The van der Waals surface area contributed by atoms with Gasteiger partial charge in [-0.1, -0.05) is 31.2 Å². The van der Waals surface area contributed by atoms with E-state index in [-0.39, 0.29) is 10.8 Å². The summed E-state index contributed by atoms with van der Waals surface area (Å²) in [6, 6.07) is 1.51. The van der Waals surface area contributed by atoms with Gasteiger partial charge in [-0.05, 0) is 11.3 Å². The van der Waals surface area contributed by atoms with Crippen LogP contribution in [0.2, 0.25) is 24.8 Å². The van der Waals surface area contributed by atoms with Gasteiger partial charge in [-0.25, -0.2) is 9.37 Å². The van der Waals surface area contributed by atoms with Crippen LogP contribution in [0.5, 0.6) is 0 Å². The molecule has 0 bridgehead atoms. The summed E-state index contributed by atoms with van der Waals surface area (Å²) in [4.78, 5) is 14.1. The van der Waals surface area contributed by atoms with Crippen molar-refractivity contribution in [2.75, 3.05) is 0 Å². The molecule has 0 aliphatic rings. The molecule has 0 saturated carbocycles. The van der Waals surface area contributed by atoms with Gasteiger partial charge in [0.25, 0.3) is 0 Å². The zero-order chi connectivity index (χ0) is 10.9. The molecule has 76 valence electrons. The smallest absolute Gasteiger partial charge is 0.171 e. The minimum absolute atomic E-state index is 0.172. The molecule has 0 aliphatic carbocycles. The first-order valence-electron chi connectivity index (χ1n) is 4.18. The number of aromatic nitrogens is 1. The van der Waals surface area contributed by atoms with Crippen molar-refractivity contribution < 1.29 is 9.18 Å². The number of carbonyl (C=O) groups is 1. The van der Waals surface area contributed by atoms with Crippen molar-refractivity contribution in [1.82, 2.24) is 4.98 Å². The number of carbonyl (C=O) groups excluding carboxylic acids is 1. The van der Waals surface area contributed by atoms with Crippen LogP contribution < -0.4 is 5.19 Å². The molecule has 1 heterocycles. The van der Waals surface area contributed by atoms with Gasteiger partial charge in [-0.3, -0.25) is 4.79 Å². The highest BCUT2D eigenvalue weighted by atomic mass is 35.5. The number of nitrogens with zero attached hydrogens (tertiary/aromatic N) is 1. The van der Waals surface area contributed by atoms with Gasteiger partial charge < -0.3 is 0 Å². The van der Waals surface area contributed by atoms with E-state index < -0.39 is 13.9 Å². The zero-order valence-corrected chi connectivity index (χ0v) is 10.0. The second kappa shape index (κ2) is 3.79. The summed E-state index contributed by atoms with van der Waals surface area (Å²) in [6.45, 7) is 5.95. The first-order chi connectivity index (χ1) is 6.36. The molecule has 5 heteroatoms. The van der Waals surface area contributed by atoms with Crippen LogP contribution in [0.4, 0.5) is 4.39 Å². The Morgan fingerprint density at radius 2 is 2.07 bits per heavy atom. The SMILES string of the molecule is C[Si](C)(C)c1cc(Cl)nc(C=O)c1F. The fourth-order valence-electron chi connectivity index (χ4n) is 1.14. The van der Waals surface area contributed by atoms with Crippen LogP contribution in [0.25, 0.3) is 0 Å². The Morgan fingerprint density at radius 1 is 1.50 bits per heavy atom. The largest absolute Gasteiger partial charge is 0.296 e. The van der Waals surface area contributed by atoms with Crippen molar-refractivity contribution in [3.63, 3.8) is 0 Å². The van der Waals surface area contributed by atoms with Crippen LogP contribution in [0, 0.1) is 5.82 Å². The second-order valence-corrected chi connectivity index (χ2v) is 9.49. The van der Waals surface area contributed by atoms with Crippen molar-refractivity contribution in [2.45, 2.75) is 19.6 Å². The van der Waals surface area contributed by atoms with E-state index in [9.17, 15) is 9.18 Å². The fourth-order valence-corrected chi connectivity index (χ4v) is 2.79. The number of halogens is 2. The number of hydrogen-bond donors (Lipinski definition) is 0. The van der Waals surface area contributed by atoms with Crippen molar-refractivity contribution in [3.05, 3.63) is 22.7 Å². The zero-order valence-electron chi connectivity index (χ0n) is 8.27. The molecule has 0 aromatic carbocycles. The van der Waals surface area contributed by atoms with Crippen LogP contribution in [0.3, 0.4) is 0 Å². The van der Waals surface area contributed by atoms with E-state index in [1.807, 2.05) is 19.6 Å². The average Bonchev–Trinajstić information content (AvgIpc) is 2.06. The van der Waals surface area contributed by atoms with E-state index in [4.69, 9.17) is 11.6 Å². The minimum Gasteiger partial charge on any atom is -0.296 e. The van der Waals surface area contributed by atoms with Crippen molar-refractivity contribution >= 4 is 31.1 Å². The molecule has 0 saturated heterocycles. The molecule has 0 radical (unpaired) electrons. The van der Waals surface area contributed by atoms with Gasteiger partial charge in [0.1, 0.15) is 10.8 Å². The van der Waals surface area contributed by atoms with Crippen LogP contribution >= 0.6 is 11.6 Å². The monoisotopic (exact) mass is 231 g/mol. The lowest BCUT2D eigenvalue weighted by Crippen LogP contribution is -2.41. The van der Waals surface area contributed by atoms with Crippen LogP contribution in [0.1, 0.15) is 10.5 Å². The van der Waals surface area contributed by atoms with Gasteiger partial charge in [0.05, 0.1) is 8.07 Å². The fraction of sp³-hybridized carbons (Fsp3) is 0.333. The summed E-state index contributed by atoms with van der Waals surface area (Å²) in [5.41, 5.74) is -0.199. The molecule has 14 heavy (non-hydrogen) atoms. The quantitative estimate of drug-likeness (QED) is 0.444. The maximum atomic E-state index is 13.6. The van der Waals surface area contributed by atoms with Crippen molar-refractivity contribution in [3.8, 4) is 0 Å². The van der Waals surface area contributed by atoms with E-state index >= 15 is 0 Å². The molecule has 0 N–H and O–H groups in total. The molecule has 2 nitrogen and oxygen atoms in total. The Morgan fingerprint density at radius 3 is 2.50 bits per heavy atom.